The molecule has 0 bridgehead atoms. The van der Waals surface area contributed by atoms with E-state index >= 15 is 0 Å². The lowest BCUT2D eigenvalue weighted by molar-refractivity contribution is 0.0739. The summed E-state index contributed by atoms with van der Waals surface area (Å²) in [6.45, 7) is 4.75. The number of piperazine rings is 1. The molecule has 2 aromatic rings. The van der Waals surface area contributed by atoms with Crippen molar-refractivity contribution in [1.29, 1.82) is 0 Å². The zero-order chi connectivity index (χ0) is 20.6. The number of aromatic nitrogens is 2. The van der Waals surface area contributed by atoms with Crippen molar-refractivity contribution in [2.24, 2.45) is 0 Å². The number of amides is 1. The highest BCUT2D eigenvalue weighted by atomic mass is 16.5. The number of rotatable bonds is 8. The number of anilines is 2. The molecule has 1 aromatic heterocycles. The van der Waals surface area contributed by atoms with Gasteiger partial charge in [0.05, 0.1) is 7.11 Å². The number of hydrogen-bond acceptors (Lipinski definition) is 7. The first-order valence-electron chi connectivity index (χ1n) is 9.97. The minimum Gasteiger partial charge on any atom is -0.497 e. The highest BCUT2D eigenvalue weighted by molar-refractivity contribution is 5.92. The second-order valence-corrected chi connectivity index (χ2v) is 7.36. The van der Waals surface area contributed by atoms with Gasteiger partial charge in [-0.2, -0.15) is 0 Å². The number of carbonyl (C=O) groups excluding carboxylic acids is 1. The summed E-state index contributed by atoms with van der Waals surface area (Å²) < 4.78 is 5.21. The Bertz CT molecular complexity index is 771. The summed E-state index contributed by atoms with van der Waals surface area (Å²) in [5, 5.41) is 11.5. The molecule has 1 saturated heterocycles. The van der Waals surface area contributed by atoms with E-state index < -0.39 is 0 Å². The van der Waals surface area contributed by atoms with Gasteiger partial charge in [-0.3, -0.25) is 4.79 Å². The van der Waals surface area contributed by atoms with Gasteiger partial charge in [-0.1, -0.05) is 0 Å². The van der Waals surface area contributed by atoms with Gasteiger partial charge in [0.15, 0.2) is 5.69 Å². The van der Waals surface area contributed by atoms with Gasteiger partial charge in [-0.05, 0) is 63.5 Å². The lowest BCUT2D eigenvalue weighted by Crippen LogP contribution is -2.49. The molecule has 1 aliphatic heterocycles. The van der Waals surface area contributed by atoms with Crippen molar-refractivity contribution in [3.8, 4) is 5.75 Å². The Morgan fingerprint density at radius 3 is 2.38 bits per heavy atom. The first kappa shape index (κ1) is 20.9. The van der Waals surface area contributed by atoms with E-state index in [0.29, 0.717) is 24.6 Å². The molecule has 0 atom stereocenters. The zero-order valence-corrected chi connectivity index (χ0v) is 17.5. The van der Waals surface area contributed by atoms with Crippen LogP contribution in [0.1, 0.15) is 16.9 Å². The second kappa shape index (κ2) is 10.1. The summed E-state index contributed by atoms with van der Waals surface area (Å²) in [5.74, 6) is 1.48. The van der Waals surface area contributed by atoms with Gasteiger partial charge in [-0.15, -0.1) is 10.2 Å². The maximum atomic E-state index is 12.7. The molecule has 1 aromatic carbocycles. The van der Waals surface area contributed by atoms with Crippen molar-refractivity contribution in [2.45, 2.75) is 6.42 Å². The Morgan fingerprint density at radius 2 is 1.79 bits per heavy atom. The van der Waals surface area contributed by atoms with Gasteiger partial charge in [0.2, 0.25) is 0 Å². The van der Waals surface area contributed by atoms with Crippen LogP contribution in [0, 0.1) is 0 Å². The lowest BCUT2D eigenvalue weighted by Gasteiger charge is -2.36. The van der Waals surface area contributed by atoms with Crippen LogP contribution in [-0.2, 0) is 0 Å². The largest absolute Gasteiger partial charge is 0.497 e. The molecule has 0 spiro atoms. The van der Waals surface area contributed by atoms with Crippen LogP contribution < -0.4 is 15.0 Å². The maximum Gasteiger partial charge on any atom is 0.274 e. The Hall–Kier alpha value is -2.87. The molecule has 156 valence electrons. The van der Waals surface area contributed by atoms with Crippen LogP contribution in [0.15, 0.2) is 36.4 Å². The van der Waals surface area contributed by atoms with E-state index in [0.717, 1.165) is 44.0 Å². The smallest absolute Gasteiger partial charge is 0.274 e. The number of nitrogens with zero attached hydrogens (tertiary/aromatic N) is 5. The molecule has 0 radical (unpaired) electrons. The number of hydrogen-bond donors (Lipinski definition) is 1. The minimum absolute atomic E-state index is 0.0639. The molecular weight excluding hydrogens is 368 g/mol. The second-order valence-electron chi connectivity index (χ2n) is 7.36. The molecule has 2 heterocycles. The number of ether oxygens (including phenoxy) is 1. The molecule has 1 amide bonds. The van der Waals surface area contributed by atoms with Gasteiger partial charge in [0, 0.05) is 38.4 Å². The average Bonchev–Trinajstić information content (AvgIpc) is 2.77. The zero-order valence-electron chi connectivity index (χ0n) is 17.5. The quantitative estimate of drug-likeness (QED) is 0.680. The van der Waals surface area contributed by atoms with Gasteiger partial charge < -0.3 is 24.8 Å². The highest BCUT2D eigenvalue weighted by Gasteiger charge is 2.23. The van der Waals surface area contributed by atoms with Crippen LogP contribution in [0.3, 0.4) is 0 Å². The molecule has 3 rings (SSSR count). The average molecular weight is 399 g/mol. The van der Waals surface area contributed by atoms with E-state index in [1.54, 1.807) is 13.2 Å². The van der Waals surface area contributed by atoms with E-state index in [1.165, 1.54) is 0 Å². The van der Waals surface area contributed by atoms with Crippen molar-refractivity contribution >= 4 is 17.4 Å². The van der Waals surface area contributed by atoms with E-state index in [1.807, 2.05) is 35.2 Å². The van der Waals surface area contributed by atoms with Crippen LogP contribution in [0.5, 0.6) is 5.75 Å². The molecule has 1 aliphatic rings. The maximum absolute atomic E-state index is 12.7. The summed E-state index contributed by atoms with van der Waals surface area (Å²) in [5.41, 5.74) is 1.53. The molecule has 0 aliphatic carbocycles. The lowest BCUT2D eigenvalue weighted by atomic mass is 10.2. The van der Waals surface area contributed by atoms with Gasteiger partial charge >= 0.3 is 0 Å². The van der Waals surface area contributed by atoms with E-state index in [4.69, 9.17) is 4.74 Å². The van der Waals surface area contributed by atoms with E-state index in [2.05, 4.69) is 39.4 Å². The van der Waals surface area contributed by atoms with Gasteiger partial charge in [0.1, 0.15) is 11.6 Å². The third kappa shape index (κ3) is 5.80. The summed E-state index contributed by atoms with van der Waals surface area (Å²) >= 11 is 0. The molecule has 8 heteroatoms. The number of nitrogens with one attached hydrogen (secondary N) is 1. The van der Waals surface area contributed by atoms with Crippen LogP contribution in [0.4, 0.5) is 11.5 Å². The fourth-order valence-corrected chi connectivity index (χ4v) is 3.28. The third-order valence-electron chi connectivity index (χ3n) is 4.98. The predicted molar refractivity (Wildman–Crippen MR) is 115 cm³/mol. The monoisotopic (exact) mass is 398 g/mol. The summed E-state index contributed by atoms with van der Waals surface area (Å²) in [6, 6.07) is 11.6. The highest BCUT2D eigenvalue weighted by Crippen LogP contribution is 2.21. The molecule has 29 heavy (non-hydrogen) atoms. The van der Waals surface area contributed by atoms with Gasteiger partial charge in [-0.25, -0.2) is 0 Å². The number of carbonyl (C=O) groups is 1. The predicted octanol–water partition coefficient (Wildman–Crippen LogP) is 1.81. The van der Waals surface area contributed by atoms with Crippen molar-refractivity contribution < 1.29 is 9.53 Å². The van der Waals surface area contributed by atoms with E-state index in [9.17, 15) is 4.79 Å². The van der Waals surface area contributed by atoms with Crippen LogP contribution in [0.25, 0.3) is 0 Å². The number of benzene rings is 1. The number of methoxy groups -OCH3 is 1. The molecule has 0 unspecified atom stereocenters. The standard InChI is InChI=1S/C21H30N6O2/c1-25(2)12-4-11-22-20-10-9-19(23-24-20)21(28)27-15-13-26(14-16-27)17-5-7-18(29-3)8-6-17/h5-10H,4,11-16H2,1-3H3,(H,22,24). The molecule has 1 N–H and O–H groups in total. The molecule has 1 fully saturated rings. The third-order valence-corrected chi connectivity index (χ3v) is 4.98. The van der Waals surface area contributed by atoms with Crippen molar-refractivity contribution in [1.82, 2.24) is 20.0 Å². The Morgan fingerprint density at radius 1 is 1.07 bits per heavy atom. The fraction of sp³-hybridized carbons (Fsp3) is 0.476. The first-order valence-corrected chi connectivity index (χ1v) is 9.97. The molecular formula is C21H30N6O2. The van der Waals surface area contributed by atoms with Crippen LogP contribution in [-0.4, -0.2) is 86.4 Å². The molecule has 0 saturated carbocycles. The van der Waals surface area contributed by atoms with Crippen molar-refractivity contribution in [3.05, 3.63) is 42.1 Å². The Kier molecular flexibility index (Phi) is 7.24. The van der Waals surface area contributed by atoms with E-state index in [-0.39, 0.29) is 5.91 Å². The Labute approximate surface area is 172 Å². The SMILES string of the molecule is COc1ccc(N2CCN(C(=O)c3ccc(NCCCN(C)C)nn3)CC2)cc1. The fourth-order valence-electron chi connectivity index (χ4n) is 3.28. The van der Waals surface area contributed by atoms with Crippen molar-refractivity contribution in [3.63, 3.8) is 0 Å². The summed E-state index contributed by atoms with van der Waals surface area (Å²) in [7, 11) is 5.77. The normalized spacial score (nSPS) is 14.2. The first-order chi connectivity index (χ1) is 14.1. The minimum atomic E-state index is -0.0639. The topological polar surface area (TPSA) is 73.8 Å². The van der Waals surface area contributed by atoms with Crippen LogP contribution >= 0.6 is 0 Å². The van der Waals surface area contributed by atoms with Crippen LogP contribution in [0.2, 0.25) is 0 Å². The Balaban J connectivity index is 1.48. The summed E-state index contributed by atoms with van der Waals surface area (Å²) in [6.07, 6.45) is 1.02. The van der Waals surface area contributed by atoms with Crippen molar-refractivity contribution in [2.75, 3.05) is 70.7 Å². The summed E-state index contributed by atoms with van der Waals surface area (Å²) in [4.78, 5) is 19.0. The van der Waals surface area contributed by atoms with Gasteiger partial charge in [0.25, 0.3) is 5.91 Å². The molecule has 8 nitrogen and oxygen atoms in total.